The molecule has 0 aliphatic rings. The molecule has 38 heavy (non-hydrogen) atoms. The van der Waals surface area contributed by atoms with Crippen LogP contribution in [-0.2, 0) is 26.2 Å². The molecule has 0 spiro atoms. The van der Waals surface area contributed by atoms with Crippen LogP contribution in [0.25, 0.3) is 0 Å². The number of nitrogens with one attached hydrogen (secondary N) is 1. The fraction of sp³-hybridized carbons (Fsp3) is 0.286. The first-order chi connectivity index (χ1) is 18.1. The van der Waals surface area contributed by atoms with Crippen molar-refractivity contribution < 1.29 is 18.0 Å². The first-order valence-electron chi connectivity index (χ1n) is 12.2. The minimum Gasteiger partial charge on any atom is -0.352 e. The Bertz CT molecular complexity index is 1370. The van der Waals surface area contributed by atoms with E-state index in [-0.39, 0.29) is 34.1 Å². The number of halogens is 2. The molecule has 1 unspecified atom stereocenters. The SMILES string of the molecule is CCC(C(=O)NC(C)C)N(Cc1ccccc1Cl)C(=O)CN(c1ccccc1Cl)S(=O)(=O)c1ccccc1. The zero-order valence-corrected chi connectivity index (χ0v) is 23.8. The first-order valence-corrected chi connectivity index (χ1v) is 14.4. The van der Waals surface area contributed by atoms with E-state index in [1.807, 2.05) is 13.8 Å². The lowest BCUT2D eigenvalue weighted by Crippen LogP contribution is -2.53. The Hall–Kier alpha value is -3.07. The van der Waals surface area contributed by atoms with Gasteiger partial charge in [-0.3, -0.25) is 13.9 Å². The predicted octanol–water partition coefficient (Wildman–Crippen LogP) is 5.52. The highest BCUT2D eigenvalue weighted by molar-refractivity contribution is 7.92. The monoisotopic (exact) mass is 575 g/mol. The number of para-hydroxylation sites is 1. The zero-order valence-electron chi connectivity index (χ0n) is 21.5. The minimum absolute atomic E-state index is 0.00923. The quantitative estimate of drug-likeness (QED) is 0.326. The zero-order chi connectivity index (χ0) is 27.9. The van der Waals surface area contributed by atoms with Gasteiger partial charge in [0.25, 0.3) is 10.0 Å². The number of hydrogen-bond donors (Lipinski definition) is 1. The van der Waals surface area contributed by atoms with Crippen LogP contribution in [0.3, 0.4) is 0 Å². The summed E-state index contributed by atoms with van der Waals surface area (Å²) >= 11 is 12.8. The third kappa shape index (κ3) is 7.07. The summed E-state index contributed by atoms with van der Waals surface area (Å²) in [7, 11) is -4.18. The van der Waals surface area contributed by atoms with Crippen LogP contribution in [0.1, 0.15) is 32.8 Å². The van der Waals surface area contributed by atoms with E-state index in [1.165, 1.54) is 23.1 Å². The van der Waals surface area contributed by atoms with Crippen molar-refractivity contribution in [1.29, 1.82) is 0 Å². The Balaban J connectivity index is 2.08. The van der Waals surface area contributed by atoms with Crippen LogP contribution >= 0.6 is 23.2 Å². The van der Waals surface area contributed by atoms with Gasteiger partial charge in [-0.05, 0) is 56.2 Å². The lowest BCUT2D eigenvalue weighted by molar-refractivity contribution is -0.140. The number of rotatable bonds is 11. The highest BCUT2D eigenvalue weighted by Gasteiger charge is 2.34. The van der Waals surface area contributed by atoms with Crippen molar-refractivity contribution in [2.24, 2.45) is 0 Å². The molecule has 0 aromatic heterocycles. The number of benzene rings is 3. The summed E-state index contributed by atoms with van der Waals surface area (Å²) in [6.45, 7) is 4.90. The van der Waals surface area contributed by atoms with Gasteiger partial charge in [0.2, 0.25) is 11.8 Å². The van der Waals surface area contributed by atoms with Gasteiger partial charge in [0.1, 0.15) is 12.6 Å². The Morgan fingerprint density at radius 3 is 2.03 bits per heavy atom. The summed E-state index contributed by atoms with van der Waals surface area (Å²) in [6, 6.07) is 20.3. The van der Waals surface area contributed by atoms with Gasteiger partial charge in [0, 0.05) is 17.6 Å². The number of anilines is 1. The summed E-state index contributed by atoms with van der Waals surface area (Å²) in [5.74, 6) is -0.909. The number of amides is 2. The van der Waals surface area contributed by atoms with E-state index < -0.39 is 28.5 Å². The second-order valence-corrected chi connectivity index (χ2v) is 11.7. The van der Waals surface area contributed by atoms with Crippen molar-refractivity contribution in [2.45, 2.75) is 50.7 Å². The standard InChI is InChI=1S/C28H31Cl2N3O4S/c1-4-25(28(35)31-20(2)3)32(18-21-12-8-9-15-23(21)29)27(34)19-33(26-17-11-10-16-24(26)30)38(36,37)22-13-6-5-7-14-22/h5-17,20,25H,4,18-19H2,1-3H3,(H,31,35). The molecule has 0 aliphatic heterocycles. The van der Waals surface area contributed by atoms with E-state index in [2.05, 4.69) is 5.32 Å². The molecule has 0 aliphatic carbocycles. The van der Waals surface area contributed by atoms with Crippen LogP contribution in [-0.4, -0.2) is 43.8 Å². The number of carbonyl (C=O) groups is 2. The molecule has 7 nitrogen and oxygen atoms in total. The highest BCUT2D eigenvalue weighted by Crippen LogP contribution is 2.31. The van der Waals surface area contributed by atoms with E-state index in [9.17, 15) is 18.0 Å². The molecule has 1 N–H and O–H groups in total. The summed E-state index contributed by atoms with van der Waals surface area (Å²) in [4.78, 5) is 28.5. The molecular weight excluding hydrogens is 545 g/mol. The third-order valence-electron chi connectivity index (χ3n) is 5.85. The molecule has 0 bridgehead atoms. The Kier molecular flexibility index (Phi) is 10.2. The Morgan fingerprint density at radius 2 is 1.45 bits per heavy atom. The van der Waals surface area contributed by atoms with E-state index in [1.54, 1.807) is 67.6 Å². The number of hydrogen-bond acceptors (Lipinski definition) is 4. The molecule has 202 valence electrons. The highest BCUT2D eigenvalue weighted by atomic mass is 35.5. The molecule has 3 rings (SSSR count). The van der Waals surface area contributed by atoms with E-state index >= 15 is 0 Å². The van der Waals surface area contributed by atoms with Crippen LogP contribution < -0.4 is 9.62 Å². The van der Waals surface area contributed by atoms with Crippen LogP contribution in [0.15, 0.2) is 83.8 Å². The largest absolute Gasteiger partial charge is 0.352 e. The lowest BCUT2D eigenvalue weighted by atomic mass is 10.1. The predicted molar refractivity (Wildman–Crippen MR) is 152 cm³/mol. The average molecular weight is 577 g/mol. The smallest absolute Gasteiger partial charge is 0.264 e. The fourth-order valence-electron chi connectivity index (χ4n) is 4.00. The molecule has 2 amide bonds. The van der Waals surface area contributed by atoms with Crippen molar-refractivity contribution in [3.8, 4) is 0 Å². The van der Waals surface area contributed by atoms with Gasteiger partial charge in [-0.15, -0.1) is 0 Å². The Labute approximate surface area is 234 Å². The second kappa shape index (κ2) is 13.1. The van der Waals surface area contributed by atoms with E-state index in [0.717, 1.165) is 4.31 Å². The second-order valence-electron chi connectivity index (χ2n) is 8.98. The molecular formula is C28H31Cl2N3O4S. The van der Waals surface area contributed by atoms with Gasteiger partial charge in [0.15, 0.2) is 0 Å². The maximum absolute atomic E-state index is 14.0. The van der Waals surface area contributed by atoms with Gasteiger partial charge in [0.05, 0.1) is 15.6 Å². The summed E-state index contributed by atoms with van der Waals surface area (Å²) in [6.07, 6.45) is 0.312. The van der Waals surface area contributed by atoms with Crippen LogP contribution in [0.5, 0.6) is 0 Å². The van der Waals surface area contributed by atoms with Crippen LogP contribution in [0, 0.1) is 0 Å². The molecule has 0 saturated heterocycles. The minimum atomic E-state index is -4.18. The molecule has 1 atom stereocenters. The van der Waals surface area contributed by atoms with Crippen molar-refractivity contribution in [2.75, 3.05) is 10.8 Å². The molecule has 3 aromatic rings. The lowest BCUT2D eigenvalue weighted by Gasteiger charge is -2.34. The Morgan fingerprint density at radius 1 is 0.868 bits per heavy atom. The van der Waals surface area contributed by atoms with E-state index in [0.29, 0.717) is 17.0 Å². The van der Waals surface area contributed by atoms with Crippen molar-refractivity contribution in [3.05, 3.63) is 94.5 Å². The summed E-state index contributed by atoms with van der Waals surface area (Å²) < 4.78 is 28.5. The number of carbonyl (C=O) groups excluding carboxylic acids is 2. The van der Waals surface area contributed by atoms with Crippen molar-refractivity contribution in [1.82, 2.24) is 10.2 Å². The average Bonchev–Trinajstić information content (AvgIpc) is 2.88. The molecule has 0 radical (unpaired) electrons. The molecule has 10 heteroatoms. The number of sulfonamides is 1. The molecule has 3 aromatic carbocycles. The van der Waals surface area contributed by atoms with Crippen LogP contribution in [0.4, 0.5) is 5.69 Å². The van der Waals surface area contributed by atoms with Gasteiger partial charge < -0.3 is 10.2 Å². The van der Waals surface area contributed by atoms with Crippen molar-refractivity contribution >= 4 is 50.7 Å². The summed E-state index contributed by atoms with van der Waals surface area (Å²) in [5, 5.41) is 3.46. The molecule has 0 fully saturated rings. The maximum atomic E-state index is 14.0. The maximum Gasteiger partial charge on any atom is 0.264 e. The van der Waals surface area contributed by atoms with Gasteiger partial charge in [-0.25, -0.2) is 8.42 Å². The third-order valence-corrected chi connectivity index (χ3v) is 8.31. The molecule has 0 heterocycles. The van der Waals surface area contributed by atoms with Gasteiger partial charge in [-0.1, -0.05) is 78.7 Å². The van der Waals surface area contributed by atoms with Gasteiger partial charge >= 0.3 is 0 Å². The molecule has 0 saturated carbocycles. The number of nitrogens with zero attached hydrogens (tertiary/aromatic N) is 2. The normalized spacial score (nSPS) is 12.2. The topological polar surface area (TPSA) is 86.8 Å². The summed E-state index contributed by atoms with van der Waals surface area (Å²) in [5.41, 5.74) is 0.789. The van der Waals surface area contributed by atoms with E-state index in [4.69, 9.17) is 23.2 Å². The first kappa shape index (κ1) is 29.5. The van der Waals surface area contributed by atoms with Crippen molar-refractivity contribution in [3.63, 3.8) is 0 Å². The fourth-order valence-corrected chi connectivity index (χ4v) is 5.93. The van der Waals surface area contributed by atoms with Crippen LogP contribution in [0.2, 0.25) is 10.0 Å². The van der Waals surface area contributed by atoms with Gasteiger partial charge in [-0.2, -0.15) is 0 Å².